The lowest BCUT2D eigenvalue weighted by atomic mass is 10.1. The number of nitrogens with zero attached hydrogens (tertiary/aromatic N) is 2. The molecule has 0 fully saturated rings. The summed E-state index contributed by atoms with van der Waals surface area (Å²) in [6, 6.07) is 20.4. The Morgan fingerprint density at radius 2 is 1.44 bits per heavy atom. The van der Waals surface area contributed by atoms with Crippen LogP contribution >= 0.6 is 0 Å². The highest BCUT2D eigenvalue weighted by atomic mass is 32.2. The molecule has 0 saturated heterocycles. The van der Waals surface area contributed by atoms with Gasteiger partial charge < -0.3 is 10.2 Å². The van der Waals surface area contributed by atoms with Crippen molar-refractivity contribution < 1.29 is 18.0 Å². The van der Waals surface area contributed by atoms with Gasteiger partial charge in [-0.1, -0.05) is 59.7 Å². The molecular weight excluding hydrogens is 510 g/mol. The molecule has 0 aromatic heterocycles. The van der Waals surface area contributed by atoms with Gasteiger partial charge in [-0.3, -0.25) is 13.9 Å². The molecule has 3 rings (SSSR count). The van der Waals surface area contributed by atoms with Gasteiger partial charge in [0.2, 0.25) is 11.8 Å². The maximum Gasteiger partial charge on any atom is 0.264 e. The minimum atomic E-state index is -4.09. The highest BCUT2D eigenvalue weighted by Gasteiger charge is 2.33. The summed E-state index contributed by atoms with van der Waals surface area (Å²) in [4.78, 5) is 28.7. The third-order valence-corrected chi connectivity index (χ3v) is 8.07. The lowest BCUT2D eigenvalue weighted by Gasteiger charge is -2.33. The van der Waals surface area contributed by atoms with E-state index in [1.165, 1.54) is 4.90 Å². The molecule has 1 atom stereocenters. The van der Waals surface area contributed by atoms with Crippen molar-refractivity contribution in [1.82, 2.24) is 10.2 Å². The number of hydrogen-bond donors (Lipinski definition) is 1. The van der Waals surface area contributed by atoms with Crippen LogP contribution in [-0.2, 0) is 26.2 Å². The fourth-order valence-corrected chi connectivity index (χ4v) is 5.62. The van der Waals surface area contributed by atoms with Crippen LogP contribution in [0.5, 0.6) is 0 Å². The van der Waals surface area contributed by atoms with Crippen LogP contribution in [0.4, 0.5) is 5.69 Å². The van der Waals surface area contributed by atoms with Crippen LogP contribution in [0, 0.1) is 20.8 Å². The number of benzene rings is 3. The topological polar surface area (TPSA) is 86.8 Å². The molecule has 208 valence electrons. The first kappa shape index (κ1) is 29.9. The molecule has 0 aliphatic rings. The van der Waals surface area contributed by atoms with Gasteiger partial charge in [0.15, 0.2) is 0 Å². The molecule has 0 spiro atoms. The minimum absolute atomic E-state index is 0.0890. The molecule has 0 unspecified atom stereocenters. The second kappa shape index (κ2) is 12.0. The fourth-order valence-electron chi connectivity index (χ4n) is 4.21. The normalized spacial score (nSPS) is 12.5. The lowest BCUT2D eigenvalue weighted by Crippen LogP contribution is -2.54. The second-order valence-corrected chi connectivity index (χ2v) is 13.0. The number of carbonyl (C=O) groups is 2. The van der Waals surface area contributed by atoms with Crippen LogP contribution in [0.1, 0.15) is 49.9 Å². The number of aryl methyl sites for hydroxylation is 3. The molecule has 8 heteroatoms. The molecule has 7 nitrogen and oxygen atoms in total. The number of rotatable bonds is 9. The van der Waals surface area contributed by atoms with E-state index in [4.69, 9.17) is 0 Å². The number of amides is 2. The van der Waals surface area contributed by atoms with E-state index in [0.29, 0.717) is 5.69 Å². The molecule has 0 bridgehead atoms. The average molecular weight is 550 g/mol. The number of nitrogens with one attached hydrogen (secondary N) is 1. The Hall–Kier alpha value is -3.65. The van der Waals surface area contributed by atoms with E-state index in [0.717, 1.165) is 26.6 Å². The van der Waals surface area contributed by atoms with Crippen LogP contribution in [-0.4, -0.2) is 43.3 Å². The first-order valence-electron chi connectivity index (χ1n) is 13.0. The summed E-state index contributed by atoms with van der Waals surface area (Å²) in [5.41, 5.74) is 3.54. The van der Waals surface area contributed by atoms with E-state index < -0.39 is 34.1 Å². The summed E-state index contributed by atoms with van der Waals surface area (Å²) in [5.74, 6) is -0.794. The predicted molar refractivity (Wildman–Crippen MR) is 156 cm³/mol. The highest BCUT2D eigenvalue weighted by Crippen LogP contribution is 2.26. The maximum absolute atomic E-state index is 14.0. The van der Waals surface area contributed by atoms with E-state index in [-0.39, 0.29) is 17.3 Å². The Labute approximate surface area is 232 Å². The molecule has 1 N–H and O–H groups in total. The predicted octanol–water partition coefficient (Wildman–Crippen LogP) is 5.14. The fraction of sp³-hybridized carbons (Fsp3) is 0.355. The van der Waals surface area contributed by atoms with Gasteiger partial charge in [0.05, 0.1) is 10.6 Å². The highest BCUT2D eigenvalue weighted by molar-refractivity contribution is 7.92. The van der Waals surface area contributed by atoms with Crippen LogP contribution in [0.2, 0.25) is 0 Å². The van der Waals surface area contributed by atoms with Gasteiger partial charge >= 0.3 is 0 Å². The summed E-state index contributed by atoms with van der Waals surface area (Å²) >= 11 is 0. The van der Waals surface area contributed by atoms with Crippen molar-refractivity contribution >= 4 is 27.5 Å². The molecule has 0 saturated carbocycles. The SMILES string of the molecule is Cc1ccc(S(=O)(=O)N(CC(=O)N(Cc2cccc(C)c2)[C@H](C)C(=O)NC(C)(C)C)c2cccc(C)c2)cc1. The van der Waals surface area contributed by atoms with Crippen LogP contribution in [0.25, 0.3) is 0 Å². The third kappa shape index (κ3) is 7.93. The van der Waals surface area contributed by atoms with Gasteiger partial charge in [0, 0.05) is 12.1 Å². The summed E-state index contributed by atoms with van der Waals surface area (Å²) < 4.78 is 28.9. The zero-order valence-corrected chi connectivity index (χ0v) is 24.7. The van der Waals surface area contributed by atoms with Crippen LogP contribution in [0.3, 0.4) is 0 Å². The second-order valence-electron chi connectivity index (χ2n) is 11.1. The monoisotopic (exact) mass is 549 g/mol. The molecule has 3 aromatic rings. The maximum atomic E-state index is 14.0. The number of anilines is 1. The molecule has 2 amide bonds. The largest absolute Gasteiger partial charge is 0.350 e. The van der Waals surface area contributed by atoms with Gasteiger partial charge in [-0.2, -0.15) is 0 Å². The van der Waals surface area contributed by atoms with Crippen molar-refractivity contribution in [2.45, 2.75) is 71.5 Å². The van der Waals surface area contributed by atoms with Gasteiger partial charge in [0.1, 0.15) is 12.6 Å². The first-order valence-corrected chi connectivity index (χ1v) is 14.4. The van der Waals surface area contributed by atoms with Crippen molar-refractivity contribution in [2.75, 3.05) is 10.8 Å². The molecule has 3 aromatic carbocycles. The Balaban J connectivity index is 2.04. The zero-order chi connectivity index (χ0) is 29.0. The van der Waals surface area contributed by atoms with E-state index in [2.05, 4.69) is 5.32 Å². The summed E-state index contributed by atoms with van der Waals surface area (Å²) in [5, 5.41) is 2.94. The molecule has 0 heterocycles. The standard InChI is InChI=1S/C31H39N3O4S/c1-22-14-16-28(17-15-22)39(37,38)34(27-13-9-11-24(3)19-27)21-29(35)33(20-26-12-8-10-23(2)18-26)25(4)30(36)32-31(5,6)7/h8-19,25H,20-21H2,1-7H3,(H,32,36)/t25-/m1/s1. The number of sulfonamides is 1. The van der Waals surface area contributed by atoms with E-state index in [1.54, 1.807) is 49.4 Å². The van der Waals surface area contributed by atoms with Gasteiger partial charge in [-0.05, 0) is 83.9 Å². The quantitative estimate of drug-likeness (QED) is 0.401. The van der Waals surface area contributed by atoms with Crippen molar-refractivity contribution in [1.29, 1.82) is 0 Å². The van der Waals surface area contributed by atoms with Crippen molar-refractivity contribution in [2.24, 2.45) is 0 Å². The van der Waals surface area contributed by atoms with Gasteiger partial charge in [-0.15, -0.1) is 0 Å². The molecule has 39 heavy (non-hydrogen) atoms. The van der Waals surface area contributed by atoms with E-state index >= 15 is 0 Å². The first-order chi connectivity index (χ1) is 18.2. The summed E-state index contributed by atoms with van der Waals surface area (Å²) in [7, 11) is -4.09. The number of hydrogen-bond acceptors (Lipinski definition) is 4. The van der Waals surface area contributed by atoms with Crippen LogP contribution < -0.4 is 9.62 Å². The Morgan fingerprint density at radius 3 is 2.00 bits per heavy atom. The van der Waals surface area contributed by atoms with E-state index in [1.807, 2.05) is 71.9 Å². The smallest absolute Gasteiger partial charge is 0.264 e. The summed E-state index contributed by atoms with van der Waals surface area (Å²) in [6.07, 6.45) is 0. The lowest BCUT2D eigenvalue weighted by molar-refractivity contribution is -0.140. The van der Waals surface area contributed by atoms with Crippen molar-refractivity contribution in [3.05, 3.63) is 95.1 Å². The molecule has 0 aliphatic carbocycles. The van der Waals surface area contributed by atoms with Crippen molar-refractivity contribution in [3.8, 4) is 0 Å². The number of carbonyl (C=O) groups excluding carboxylic acids is 2. The van der Waals surface area contributed by atoms with E-state index in [9.17, 15) is 18.0 Å². The molecular formula is C31H39N3O4S. The van der Waals surface area contributed by atoms with Crippen LogP contribution in [0.15, 0.2) is 77.7 Å². The van der Waals surface area contributed by atoms with Crippen molar-refractivity contribution in [3.63, 3.8) is 0 Å². The Bertz CT molecular complexity index is 1430. The molecule has 0 aliphatic heterocycles. The zero-order valence-electron chi connectivity index (χ0n) is 23.9. The minimum Gasteiger partial charge on any atom is -0.350 e. The Morgan fingerprint density at radius 1 is 0.846 bits per heavy atom. The summed E-state index contributed by atoms with van der Waals surface area (Å²) in [6.45, 7) is 12.7. The van der Waals surface area contributed by atoms with Gasteiger partial charge in [0.25, 0.3) is 10.0 Å². The third-order valence-electron chi connectivity index (χ3n) is 6.28. The molecule has 0 radical (unpaired) electrons. The average Bonchev–Trinajstić information content (AvgIpc) is 2.84. The Kier molecular flexibility index (Phi) is 9.22. The van der Waals surface area contributed by atoms with Gasteiger partial charge in [-0.25, -0.2) is 8.42 Å².